The predicted octanol–water partition coefficient (Wildman–Crippen LogP) is 3.83. The first-order valence-electron chi connectivity index (χ1n) is 8.45. The predicted molar refractivity (Wildman–Crippen MR) is 98.9 cm³/mol. The molecule has 0 saturated heterocycles. The third kappa shape index (κ3) is 4.99. The van der Waals surface area contributed by atoms with E-state index in [1.54, 1.807) is 50.2 Å². The molecule has 0 aromatic heterocycles. The zero-order valence-electron chi connectivity index (χ0n) is 15.1. The molecule has 2 aromatic carbocycles. The average molecular weight is 357 g/mol. The van der Waals surface area contributed by atoms with Gasteiger partial charge in [0.05, 0.1) is 12.3 Å². The van der Waals surface area contributed by atoms with Gasteiger partial charge < -0.3 is 19.9 Å². The average Bonchev–Trinajstić information content (AvgIpc) is 2.61. The number of rotatable bonds is 8. The molecule has 1 atom stereocenters. The van der Waals surface area contributed by atoms with E-state index in [1.165, 1.54) is 0 Å². The van der Waals surface area contributed by atoms with Crippen LogP contribution in [0, 0.1) is 5.92 Å². The van der Waals surface area contributed by atoms with Crippen molar-refractivity contribution in [3.05, 3.63) is 54.1 Å². The van der Waals surface area contributed by atoms with E-state index in [0.29, 0.717) is 29.4 Å². The third-order valence-electron chi connectivity index (χ3n) is 3.66. The minimum absolute atomic E-state index is 0.175. The number of amides is 1. The van der Waals surface area contributed by atoms with Gasteiger partial charge in [-0.15, -0.1) is 0 Å². The summed E-state index contributed by atoms with van der Waals surface area (Å²) in [5, 5.41) is 12.0. The van der Waals surface area contributed by atoms with Gasteiger partial charge in [-0.05, 0) is 43.3 Å². The van der Waals surface area contributed by atoms with Crippen molar-refractivity contribution in [2.75, 3.05) is 11.9 Å². The largest absolute Gasteiger partial charge is 0.492 e. The number of carboxylic acids is 1. The van der Waals surface area contributed by atoms with Gasteiger partial charge in [-0.2, -0.15) is 0 Å². The molecule has 0 aliphatic carbocycles. The van der Waals surface area contributed by atoms with Gasteiger partial charge in [0.2, 0.25) is 0 Å². The van der Waals surface area contributed by atoms with Crippen molar-refractivity contribution in [2.24, 2.45) is 5.92 Å². The van der Waals surface area contributed by atoms with Crippen molar-refractivity contribution in [3.63, 3.8) is 0 Å². The van der Waals surface area contributed by atoms with Crippen molar-refractivity contribution >= 4 is 17.6 Å². The maximum absolute atomic E-state index is 12.4. The number of para-hydroxylation sites is 2. The first kappa shape index (κ1) is 19.3. The summed E-state index contributed by atoms with van der Waals surface area (Å²) >= 11 is 0. The van der Waals surface area contributed by atoms with Crippen LogP contribution in [0.25, 0.3) is 0 Å². The van der Waals surface area contributed by atoms with Gasteiger partial charge in [0.1, 0.15) is 11.5 Å². The molecular weight excluding hydrogens is 334 g/mol. The van der Waals surface area contributed by atoms with Crippen LogP contribution >= 0.6 is 0 Å². The van der Waals surface area contributed by atoms with Crippen LogP contribution in [0.5, 0.6) is 11.5 Å². The molecule has 26 heavy (non-hydrogen) atoms. The van der Waals surface area contributed by atoms with E-state index in [4.69, 9.17) is 9.47 Å². The molecule has 1 unspecified atom stereocenters. The molecule has 6 heteroatoms. The maximum atomic E-state index is 12.4. The van der Waals surface area contributed by atoms with E-state index >= 15 is 0 Å². The Labute approximate surface area is 152 Å². The Hall–Kier alpha value is -3.02. The molecule has 2 N–H and O–H groups in total. The fourth-order valence-electron chi connectivity index (χ4n) is 2.35. The fourth-order valence-corrected chi connectivity index (χ4v) is 2.35. The molecule has 1 amide bonds. The number of carbonyl (C=O) groups excluding carboxylic acids is 1. The lowest BCUT2D eigenvalue weighted by atomic mass is 10.1. The van der Waals surface area contributed by atoms with Crippen LogP contribution in [0.1, 0.15) is 31.1 Å². The van der Waals surface area contributed by atoms with Crippen molar-refractivity contribution in [3.8, 4) is 11.5 Å². The fraction of sp³-hybridized carbons (Fsp3) is 0.300. The number of carboxylic acid groups (broad SMARTS) is 1. The van der Waals surface area contributed by atoms with Gasteiger partial charge in [0.25, 0.3) is 5.91 Å². The summed E-state index contributed by atoms with van der Waals surface area (Å²) in [5.74, 6) is -0.482. The number of nitrogens with one attached hydrogen (secondary N) is 1. The summed E-state index contributed by atoms with van der Waals surface area (Å²) in [6.07, 6.45) is -0.937. The first-order chi connectivity index (χ1) is 12.4. The van der Waals surface area contributed by atoms with E-state index in [2.05, 4.69) is 5.32 Å². The number of anilines is 1. The Morgan fingerprint density at radius 1 is 1.08 bits per heavy atom. The minimum atomic E-state index is -1.02. The highest BCUT2D eigenvalue weighted by molar-refractivity contribution is 6.05. The highest BCUT2D eigenvalue weighted by Gasteiger charge is 2.23. The summed E-state index contributed by atoms with van der Waals surface area (Å²) in [7, 11) is 0. The molecule has 0 radical (unpaired) electrons. The highest BCUT2D eigenvalue weighted by Crippen LogP contribution is 2.25. The number of carbonyl (C=O) groups is 2. The Morgan fingerprint density at radius 2 is 1.73 bits per heavy atom. The molecule has 0 fully saturated rings. The molecule has 138 valence electrons. The van der Waals surface area contributed by atoms with E-state index < -0.39 is 12.1 Å². The van der Waals surface area contributed by atoms with Crippen LogP contribution in [0.3, 0.4) is 0 Å². The lowest BCUT2D eigenvalue weighted by molar-refractivity contribution is -0.147. The van der Waals surface area contributed by atoms with Crippen LogP contribution < -0.4 is 14.8 Å². The molecule has 0 bridgehead atoms. The van der Waals surface area contributed by atoms with Gasteiger partial charge in [-0.3, -0.25) is 4.79 Å². The van der Waals surface area contributed by atoms with Gasteiger partial charge in [-0.1, -0.05) is 26.0 Å². The second-order valence-electron chi connectivity index (χ2n) is 6.03. The number of hydrogen-bond donors (Lipinski definition) is 2. The normalized spacial score (nSPS) is 11.7. The van der Waals surface area contributed by atoms with Crippen LogP contribution in [0.4, 0.5) is 5.69 Å². The van der Waals surface area contributed by atoms with Crippen LogP contribution in [0.15, 0.2) is 48.5 Å². The highest BCUT2D eigenvalue weighted by atomic mass is 16.5. The topological polar surface area (TPSA) is 84.9 Å². The summed E-state index contributed by atoms with van der Waals surface area (Å²) in [6.45, 7) is 5.92. The summed E-state index contributed by atoms with van der Waals surface area (Å²) < 4.78 is 11.0. The van der Waals surface area contributed by atoms with Gasteiger partial charge in [0.15, 0.2) is 6.10 Å². The number of aliphatic carboxylic acids is 1. The molecule has 0 aliphatic heterocycles. The first-order valence-corrected chi connectivity index (χ1v) is 8.45. The Bertz CT molecular complexity index is 755. The van der Waals surface area contributed by atoms with Gasteiger partial charge in [-0.25, -0.2) is 4.79 Å². The lowest BCUT2D eigenvalue weighted by Crippen LogP contribution is -2.32. The monoisotopic (exact) mass is 357 g/mol. The zero-order valence-corrected chi connectivity index (χ0v) is 15.1. The second-order valence-corrected chi connectivity index (χ2v) is 6.03. The van der Waals surface area contributed by atoms with Crippen molar-refractivity contribution < 1.29 is 24.2 Å². The van der Waals surface area contributed by atoms with E-state index in [-0.39, 0.29) is 11.8 Å². The second kappa shape index (κ2) is 8.89. The number of hydrogen-bond acceptors (Lipinski definition) is 4. The van der Waals surface area contributed by atoms with E-state index in [0.717, 1.165) is 0 Å². The minimum Gasteiger partial charge on any atom is -0.492 e. The van der Waals surface area contributed by atoms with Gasteiger partial charge >= 0.3 is 5.97 Å². The Kier molecular flexibility index (Phi) is 6.60. The van der Waals surface area contributed by atoms with Crippen LogP contribution in [0.2, 0.25) is 0 Å². The number of benzene rings is 2. The van der Waals surface area contributed by atoms with Crippen molar-refractivity contribution in [2.45, 2.75) is 26.9 Å². The molecule has 0 saturated carbocycles. The third-order valence-corrected chi connectivity index (χ3v) is 3.66. The molecule has 0 heterocycles. The molecular formula is C20H23NO5. The smallest absolute Gasteiger partial charge is 0.345 e. The van der Waals surface area contributed by atoms with E-state index in [1.807, 2.05) is 19.1 Å². The summed E-state index contributed by atoms with van der Waals surface area (Å²) in [4.78, 5) is 23.6. The Balaban J connectivity index is 2.08. The summed E-state index contributed by atoms with van der Waals surface area (Å²) in [6, 6.07) is 13.5. The van der Waals surface area contributed by atoms with Gasteiger partial charge in [0, 0.05) is 11.5 Å². The molecule has 2 rings (SSSR count). The molecule has 0 aliphatic rings. The van der Waals surface area contributed by atoms with E-state index in [9.17, 15) is 14.7 Å². The maximum Gasteiger partial charge on any atom is 0.345 e. The molecule has 6 nitrogen and oxygen atoms in total. The van der Waals surface area contributed by atoms with Crippen LogP contribution in [-0.4, -0.2) is 29.7 Å². The quantitative estimate of drug-likeness (QED) is 0.750. The lowest BCUT2D eigenvalue weighted by Gasteiger charge is -2.18. The van der Waals surface area contributed by atoms with Crippen molar-refractivity contribution in [1.82, 2.24) is 0 Å². The molecule has 2 aromatic rings. The number of ether oxygens (including phenoxy) is 2. The Morgan fingerprint density at radius 3 is 2.31 bits per heavy atom. The zero-order chi connectivity index (χ0) is 19.1. The molecule has 0 spiro atoms. The van der Waals surface area contributed by atoms with Crippen LogP contribution in [-0.2, 0) is 4.79 Å². The summed E-state index contributed by atoms with van der Waals surface area (Å²) in [5.41, 5.74) is 1.02. The SMILES string of the molecule is CCOc1ccccc1NC(=O)c1ccc(OC(C(=O)O)C(C)C)cc1. The standard InChI is InChI=1S/C20H23NO5/c1-4-25-17-8-6-5-7-16(17)21-19(22)14-9-11-15(12-10-14)26-18(13(2)3)20(23)24/h5-13,18H,4H2,1-3H3,(H,21,22)(H,23,24). The van der Waals surface area contributed by atoms with Crippen molar-refractivity contribution in [1.29, 1.82) is 0 Å².